The first-order valence-corrected chi connectivity index (χ1v) is 8.32. The SMILES string of the molecule is CC(C)(C)c1cccc2c1CCCC21CC2C=CC1C2. The van der Waals surface area contributed by atoms with Crippen molar-refractivity contribution in [3.05, 3.63) is 47.0 Å². The third kappa shape index (κ3) is 1.60. The lowest BCUT2D eigenvalue weighted by Crippen LogP contribution is -2.36. The van der Waals surface area contributed by atoms with Crippen molar-refractivity contribution in [2.24, 2.45) is 11.8 Å². The largest absolute Gasteiger partial charge is 0.0851 e. The lowest BCUT2D eigenvalue weighted by Gasteiger charge is -2.43. The molecule has 0 heterocycles. The highest BCUT2D eigenvalue weighted by atomic mass is 14.5. The lowest BCUT2D eigenvalue weighted by atomic mass is 9.61. The molecule has 1 aromatic carbocycles. The molecule has 0 aromatic heterocycles. The summed E-state index contributed by atoms with van der Waals surface area (Å²) < 4.78 is 0. The smallest absolute Gasteiger partial charge is 0.00244 e. The Bertz CT molecular complexity index is 572. The van der Waals surface area contributed by atoms with Crippen LogP contribution >= 0.6 is 0 Å². The standard InChI is InChI=1S/C20H26/c1-19(2,3)17-7-4-8-18-16(17)6-5-11-20(18)13-14-9-10-15(20)12-14/h4,7-10,14-15H,5-6,11-13H2,1-3H3. The summed E-state index contributed by atoms with van der Waals surface area (Å²) >= 11 is 0. The van der Waals surface area contributed by atoms with E-state index in [0.717, 1.165) is 11.8 Å². The molecule has 0 heteroatoms. The Balaban J connectivity index is 1.89. The van der Waals surface area contributed by atoms with Gasteiger partial charge in [0.15, 0.2) is 0 Å². The number of rotatable bonds is 0. The summed E-state index contributed by atoms with van der Waals surface area (Å²) in [6.07, 6.45) is 11.9. The van der Waals surface area contributed by atoms with E-state index in [-0.39, 0.29) is 5.41 Å². The van der Waals surface area contributed by atoms with Crippen LogP contribution < -0.4 is 0 Å². The maximum Gasteiger partial charge on any atom is 0.00244 e. The van der Waals surface area contributed by atoms with Crippen LogP contribution in [-0.2, 0) is 17.3 Å². The van der Waals surface area contributed by atoms with Gasteiger partial charge in [0.05, 0.1) is 0 Å². The Morgan fingerprint density at radius 3 is 2.65 bits per heavy atom. The van der Waals surface area contributed by atoms with Gasteiger partial charge in [-0.05, 0) is 66.0 Å². The van der Waals surface area contributed by atoms with Gasteiger partial charge in [0.2, 0.25) is 0 Å². The van der Waals surface area contributed by atoms with Crippen molar-refractivity contribution in [2.75, 3.05) is 0 Å². The molecule has 2 bridgehead atoms. The molecular formula is C20H26. The van der Waals surface area contributed by atoms with E-state index in [1.807, 2.05) is 0 Å². The number of fused-ring (bicyclic) bond motifs is 5. The van der Waals surface area contributed by atoms with E-state index >= 15 is 0 Å². The predicted octanol–water partition coefficient (Wildman–Crippen LogP) is 5.15. The summed E-state index contributed by atoms with van der Waals surface area (Å²) in [5.74, 6) is 1.69. The fraction of sp³-hybridized carbons (Fsp3) is 0.600. The van der Waals surface area contributed by atoms with E-state index in [1.54, 1.807) is 16.7 Å². The van der Waals surface area contributed by atoms with Crippen molar-refractivity contribution in [2.45, 2.75) is 63.7 Å². The Kier molecular flexibility index (Phi) is 2.53. The molecule has 3 aliphatic carbocycles. The molecule has 3 unspecified atom stereocenters. The number of allylic oxidation sites excluding steroid dienone is 2. The van der Waals surface area contributed by atoms with Gasteiger partial charge in [-0.25, -0.2) is 0 Å². The molecule has 0 radical (unpaired) electrons. The summed E-state index contributed by atoms with van der Waals surface area (Å²) in [6.45, 7) is 7.10. The molecule has 1 fully saturated rings. The van der Waals surface area contributed by atoms with E-state index in [4.69, 9.17) is 0 Å². The molecule has 0 nitrogen and oxygen atoms in total. The average Bonchev–Trinajstić information content (AvgIpc) is 2.98. The highest BCUT2D eigenvalue weighted by molar-refractivity contribution is 5.47. The van der Waals surface area contributed by atoms with Gasteiger partial charge in [-0.1, -0.05) is 51.1 Å². The molecule has 1 spiro atoms. The molecule has 4 rings (SSSR count). The number of benzene rings is 1. The monoisotopic (exact) mass is 266 g/mol. The second-order valence-corrected chi connectivity index (χ2v) is 8.28. The van der Waals surface area contributed by atoms with Gasteiger partial charge in [-0.15, -0.1) is 0 Å². The molecule has 3 atom stereocenters. The zero-order valence-electron chi connectivity index (χ0n) is 13.1. The van der Waals surface area contributed by atoms with Gasteiger partial charge < -0.3 is 0 Å². The number of hydrogen-bond donors (Lipinski definition) is 0. The second-order valence-electron chi connectivity index (χ2n) is 8.28. The van der Waals surface area contributed by atoms with E-state index in [1.165, 1.54) is 32.1 Å². The molecule has 0 amide bonds. The van der Waals surface area contributed by atoms with E-state index in [0.29, 0.717) is 5.41 Å². The summed E-state index contributed by atoms with van der Waals surface area (Å²) in [6, 6.07) is 7.15. The van der Waals surface area contributed by atoms with Crippen LogP contribution in [0.3, 0.4) is 0 Å². The minimum Gasteiger partial charge on any atom is -0.0851 e. The maximum absolute atomic E-state index is 2.53. The van der Waals surface area contributed by atoms with Crippen molar-refractivity contribution in [3.63, 3.8) is 0 Å². The van der Waals surface area contributed by atoms with Gasteiger partial charge in [0.1, 0.15) is 0 Å². The normalized spacial score (nSPS) is 34.8. The lowest BCUT2D eigenvalue weighted by molar-refractivity contribution is 0.301. The molecule has 0 saturated heterocycles. The highest BCUT2D eigenvalue weighted by Crippen LogP contribution is 2.58. The van der Waals surface area contributed by atoms with Crippen molar-refractivity contribution in [3.8, 4) is 0 Å². The molecule has 20 heavy (non-hydrogen) atoms. The zero-order valence-corrected chi connectivity index (χ0v) is 13.1. The van der Waals surface area contributed by atoms with Gasteiger partial charge in [-0.2, -0.15) is 0 Å². The summed E-state index contributed by atoms with van der Waals surface area (Å²) in [5.41, 5.74) is 5.78. The van der Waals surface area contributed by atoms with Gasteiger partial charge in [0.25, 0.3) is 0 Å². The van der Waals surface area contributed by atoms with Crippen molar-refractivity contribution in [1.82, 2.24) is 0 Å². The fourth-order valence-electron chi connectivity index (χ4n) is 5.29. The van der Waals surface area contributed by atoms with Crippen LogP contribution in [0, 0.1) is 11.8 Å². The first kappa shape index (κ1) is 12.7. The van der Waals surface area contributed by atoms with Crippen LogP contribution in [0.2, 0.25) is 0 Å². The molecule has 1 saturated carbocycles. The minimum absolute atomic E-state index is 0.275. The molecular weight excluding hydrogens is 240 g/mol. The van der Waals surface area contributed by atoms with Gasteiger partial charge in [0, 0.05) is 5.41 Å². The van der Waals surface area contributed by atoms with Crippen LogP contribution in [0.4, 0.5) is 0 Å². The van der Waals surface area contributed by atoms with Crippen LogP contribution in [-0.4, -0.2) is 0 Å². The predicted molar refractivity (Wildman–Crippen MR) is 85.1 cm³/mol. The Labute approximate surface area is 123 Å². The Hall–Kier alpha value is -1.04. The van der Waals surface area contributed by atoms with Crippen LogP contribution in [0.15, 0.2) is 30.4 Å². The third-order valence-corrected chi connectivity index (χ3v) is 6.08. The highest BCUT2D eigenvalue weighted by Gasteiger charge is 2.51. The van der Waals surface area contributed by atoms with Gasteiger partial charge in [-0.3, -0.25) is 0 Å². The second kappa shape index (κ2) is 4.00. The molecule has 0 aliphatic heterocycles. The van der Waals surface area contributed by atoms with Crippen molar-refractivity contribution >= 4 is 0 Å². The Morgan fingerprint density at radius 2 is 2.00 bits per heavy atom. The summed E-state index contributed by atoms with van der Waals surface area (Å²) in [7, 11) is 0. The molecule has 106 valence electrons. The quantitative estimate of drug-likeness (QED) is 0.569. The van der Waals surface area contributed by atoms with E-state index < -0.39 is 0 Å². The van der Waals surface area contributed by atoms with Crippen LogP contribution in [0.25, 0.3) is 0 Å². The summed E-state index contributed by atoms with van der Waals surface area (Å²) in [4.78, 5) is 0. The van der Waals surface area contributed by atoms with Crippen LogP contribution in [0.1, 0.15) is 63.1 Å². The molecule has 0 N–H and O–H groups in total. The van der Waals surface area contributed by atoms with Crippen molar-refractivity contribution < 1.29 is 0 Å². The molecule has 1 aromatic rings. The zero-order chi connectivity index (χ0) is 14.0. The number of hydrogen-bond acceptors (Lipinski definition) is 0. The first-order chi connectivity index (χ1) is 9.51. The minimum atomic E-state index is 0.275. The maximum atomic E-state index is 2.53. The van der Waals surface area contributed by atoms with E-state index in [2.05, 4.69) is 51.1 Å². The topological polar surface area (TPSA) is 0 Å². The van der Waals surface area contributed by atoms with Gasteiger partial charge >= 0.3 is 0 Å². The summed E-state index contributed by atoms with van der Waals surface area (Å²) in [5, 5.41) is 0. The molecule has 3 aliphatic rings. The van der Waals surface area contributed by atoms with Crippen molar-refractivity contribution in [1.29, 1.82) is 0 Å². The first-order valence-electron chi connectivity index (χ1n) is 8.32. The third-order valence-electron chi connectivity index (χ3n) is 6.08. The fourth-order valence-corrected chi connectivity index (χ4v) is 5.29. The average molecular weight is 266 g/mol. The Morgan fingerprint density at radius 1 is 1.15 bits per heavy atom. The van der Waals surface area contributed by atoms with E-state index in [9.17, 15) is 0 Å². The van der Waals surface area contributed by atoms with Crippen LogP contribution in [0.5, 0.6) is 0 Å².